The minimum atomic E-state index is -3.07. The number of aldehydes is 1. The van der Waals surface area contributed by atoms with Gasteiger partial charge in [-0.3, -0.25) is 4.79 Å². The van der Waals surface area contributed by atoms with Crippen molar-refractivity contribution in [2.75, 3.05) is 37.0 Å². The summed E-state index contributed by atoms with van der Waals surface area (Å²) in [6, 6.07) is 3.32. The van der Waals surface area contributed by atoms with Gasteiger partial charge in [0.15, 0.2) is 0 Å². The van der Waals surface area contributed by atoms with Gasteiger partial charge in [0.05, 0.1) is 16.5 Å². The molecule has 1 aromatic carbocycles. The zero-order valence-corrected chi connectivity index (χ0v) is 13.9. The van der Waals surface area contributed by atoms with E-state index in [-0.39, 0.29) is 5.75 Å². The molecule has 5 nitrogen and oxygen atoms in total. The summed E-state index contributed by atoms with van der Waals surface area (Å²) in [7, 11) is -3.07. The molecule has 0 unspecified atom stereocenters. The van der Waals surface area contributed by atoms with Crippen LogP contribution in [0.4, 0.5) is 5.69 Å². The van der Waals surface area contributed by atoms with Crippen LogP contribution in [-0.4, -0.2) is 46.3 Å². The van der Waals surface area contributed by atoms with Crippen LogP contribution in [0.5, 0.6) is 0 Å². The van der Waals surface area contributed by atoms with E-state index in [0.717, 1.165) is 13.1 Å². The second-order valence-electron chi connectivity index (χ2n) is 4.81. The minimum Gasteiger partial charge on any atom is -0.383 e. The SMILES string of the molecule is CCNCCNc1cc(CCS(C)(=O)=O)c(C=O)cc1Cl. The summed E-state index contributed by atoms with van der Waals surface area (Å²) in [5, 5.41) is 6.81. The third-order valence-electron chi connectivity index (χ3n) is 2.97. The molecule has 0 heterocycles. The lowest BCUT2D eigenvalue weighted by Crippen LogP contribution is -2.21. The highest BCUT2D eigenvalue weighted by Gasteiger charge is 2.11. The summed E-state index contributed by atoms with van der Waals surface area (Å²) in [5.41, 5.74) is 1.83. The molecule has 0 fully saturated rings. The van der Waals surface area contributed by atoms with Gasteiger partial charge in [0, 0.05) is 24.9 Å². The van der Waals surface area contributed by atoms with Gasteiger partial charge in [-0.15, -0.1) is 0 Å². The number of anilines is 1. The van der Waals surface area contributed by atoms with Crippen molar-refractivity contribution in [1.82, 2.24) is 5.32 Å². The molecule has 7 heteroatoms. The molecule has 0 aromatic heterocycles. The normalized spacial score (nSPS) is 11.4. The van der Waals surface area contributed by atoms with Crippen molar-refractivity contribution in [2.45, 2.75) is 13.3 Å². The van der Waals surface area contributed by atoms with Crippen LogP contribution in [0.15, 0.2) is 12.1 Å². The third kappa shape index (κ3) is 6.46. The van der Waals surface area contributed by atoms with Crippen LogP contribution in [0.1, 0.15) is 22.8 Å². The van der Waals surface area contributed by atoms with E-state index in [1.807, 2.05) is 6.92 Å². The predicted octanol–water partition coefficient (Wildman–Crippen LogP) is 1.76. The van der Waals surface area contributed by atoms with Gasteiger partial charge in [0.25, 0.3) is 0 Å². The molecule has 0 aliphatic carbocycles. The number of hydrogen-bond acceptors (Lipinski definition) is 5. The molecule has 0 aliphatic heterocycles. The van der Waals surface area contributed by atoms with Gasteiger partial charge in [-0.1, -0.05) is 18.5 Å². The van der Waals surface area contributed by atoms with Crippen LogP contribution >= 0.6 is 11.6 Å². The first-order valence-electron chi connectivity index (χ1n) is 6.77. The van der Waals surface area contributed by atoms with Crippen molar-refractivity contribution in [2.24, 2.45) is 0 Å². The molecule has 118 valence electrons. The lowest BCUT2D eigenvalue weighted by atomic mass is 10.1. The Morgan fingerprint density at radius 3 is 2.57 bits per heavy atom. The Kier molecular flexibility index (Phi) is 7.14. The fourth-order valence-electron chi connectivity index (χ4n) is 1.85. The van der Waals surface area contributed by atoms with Crippen LogP contribution in [0.25, 0.3) is 0 Å². The third-order valence-corrected chi connectivity index (χ3v) is 4.22. The lowest BCUT2D eigenvalue weighted by molar-refractivity contribution is 0.112. The molecular formula is C14H21ClN2O3S. The van der Waals surface area contributed by atoms with Gasteiger partial charge >= 0.3 is 0 Å². The lowest BCUT2D eigenvalue weighted by Gasteiger charge is -2.12. The number of carbonyl (C=O) groups excluding carboxylic acids is 1. The van der Waals surface area contributed by atoms with E-state index in [9.17, 15) is 13.2 Å². The van der Waals surface area contributed by atoms with Crippen molar-refractivity contribution in [3.63, 3.8) is 0 Å². The Balaban J connectivity index is 2.87. The fraction of sp³-hybridized carbons (Fsp3) is 0.500. The zero-order chi connectivity index (χ0) is 15.9. The van der Waals surface area contributed by atoms with E-state index < -0.39 is 9.84 Å². The highest BCUT2D eigenvalue weighted by Crippen LogP contribution is 2.26. The Morgan fingerprint density at radius 1 is 1.29 bits per heavy atom. The van der Waals surface area contributed by atoms with Crippen LogP contribution in [0.2, 0.25) is 5.02 Å². The second kappa shape index (κ2) is 8.36. The maximum Gasteiger partial charge on any atom is 0.150 e. The second-order valence-corrected chi connectivity index (χ2v) is 7.48. The molecule has 0 saturated heterocycles. The number of nitrogens with one attached hydrogen (secondary N) is 2. The van der Waals surface area contributed by atoms with E-state index in [2.05, 4.69) is 10.6 Å². The molecule has 0 amide bonds. The van der Waals surface area contributed by atoms with E-state index in [1.165, 1.54) is 6.26 Å². The molecule has 21 heavy (non-hydrogen) atoms. The quantitative estimate of drug-likeness (QED) is 0.532. The molecule has 0 aliphatic rings. The number of carbonyl (C=O) groups is 1. The van der Waals surface area contributed by atoms with Crippen LogP contribution in [0, 0.1) is 0 Å². The molecule has 1 rings (SSSR count). The predicted molar refractivity (Wildman–Crippen MR) is 87.3 cm³/mol. The van der Waals surface area contributed by atoms with Gasteiger partial charge < -0.3 is 10.6 Å². The number of likely N-dealkylation sites (N-methyl/N-ethyl adjacent to an activating group) is 1. The van der Waals surface area contributed by atoms with E-state index in [4.69, 9.17) is 11.6 Å². The topological polar surface area (TPSA) is 75.3 Å². The Labute approximate surface area is 131 Å². The number of aryl methyl sites for hydroxylation is 1. The highest BCUT2D eigenvalue weighted by atomic mass is 35.5. The first-order chi connectivity index (χ1) is 9.87. The van der Waals surface area contributed by atoms with Crippen LogP contribution in [0.3, 0.4) is 0 Å². The first kappa shape index (κ1) is 17.9. The molecular weight excluding hydrogens is 312 g/mol. The Hall–Kier alpha value is -1.11. The summed E-state index contributed by atoms with van der Waals surface area (Å²) in [4.78, 5) is 11.1. The molecule has 0 atom stereocenters. The van der Waals surface area contributed by atoms with Crippen molar-refractivity contribution in [3.8, 4) is 0 Å². The van der Waals surface area contributed by atoms with Crippen molar-refractivity contribution in [1.29, 1.82) is 0 Å². The monoisotopic (exact) mass is 332 g/mol. The van der Waals surface area contributed by atoms with Crippen LogP contribution < -0.4 is 10.6 Å². The largest absolute Gasteiger partial charge is 0.383 e. The van der Waals surface area contributed by atoms with E-state index >= 15 is 0 Å². The van der Waals surface area contributed by atoms with Crippen molar-refractivity contribution >= 4 is 33.4 Å². The van der Waals surface area contributed by atoms with Crippen LogP contribution in [-0.2, 0) is 16.3 Å². The number of halogens is 1. The summed E-state index contributed by atoms with van der Waals surface area (Å²) in [6.07, 6.45) is 2.18. The molecule has 2 N–H and O–H groups in total. The fourth-order valence-corrected chi connectivity index (χ4v) is 2.68. The van der Waals surface area contributed by atoms with Crippen molar-refractivity contribution < 1.29 is 13.2 Å². The minimum absolute atomic E-state index is 0.00625. The van der Waals surface area contributed by atoms with Gasteiger partial charge in [-0.05, 0) is 30.7 Å². The average Bonchev–Trinajstić information content (AvgIpc) is 2.42. The Morgan fingerprint density at radius 2 is 2.00 bits per heavy atom. The number of hydrogen-bond donors (Lipinski definition) is 2. The van der Waals surface area contributed by atoms with E-state index in [1.54, 1.807) is 12.1 Å². The maximum atomic E-state index is 11.3. The summed E-state index contributed by atoms with van der Waals surface area (Å²) >= 11 is 6.12. The maximum absolute atomic E-state index is 11.3. The zero-order valence-electron chi connectivity index (χ0n) is 12.3. The molecule has 0 radical (unpaired) electrons. The summed E-state index contributed by atoms with van der Waals surface area (Å²) < 4.78 is 22.5. The van der Waals surface area contributed by atoms with E-state index in [0.29, 0.717) is 41.1 Å². The summed E-state index contributed by atoms with van der Waals surface area (Å²) in [6.45, 7) is 4.40. The summed E-state index contributed by atoms with van der Waals surface area (Å²) in [5.74, 6) is 0.00625. The molecule has 0 saturated carbocycles. The average molecular weight is 333 g/mol. The number of rotatable bonds is 9. The highest BCUT2D eigenvalue weighted by molar-refractivity contribution is 7.90. The van der Waals surface area contributed by atoms with Gasteiger partial charge in [-0.2, -0.15) is 0 Å². The van der Waals surface area contributed by atoms with Gasteiger partial charge in [0.2, 0.25) is 0 Å². The standard InChI is InChI=1S/C14H21ClN2O3S/c1-3-16-5-6-17-14-9-11(4-7-21(2,19)20)12(10-18)8-13(14)15/h8-10,16-17H,3-7H2,1-2H3. The molecule has 0 bridgehead atoms. The number of sulfone groups is 1. The van der Waals surface area contributed by atoms with Gasteiger partial charge in [0.1, 0.15) is 16.1 Å². The Bertz CT molecular complexity index is 588. The smallest absolute Gasteiger partial charge is 0.150 e. The number of benzene rings is 1. The first-order valence-corrected chi connectivity index (χ1v) is 9.21. The molecule has 1 aromatic rings. The molecule has 0 spiro atoms. The van der Waals surface area contributed by atoms with Crippen molar-refractivity contribution in [3.05, 3.63) is 28.3 Å². The van der Waals surface area contributed by atoms with Gasteiger partial charge in [-0.25, -0.2) is 8.42 Å².